The summed E-state index contributed by atoms with van der Waals surface area (Å²) in [5.41, 5.74) is 0. The van der Waals surface area contributed by atoms with E-state index in [4.69, 9.17) is 10.5 Å². The summed E-state index contributed by atoms with van der Waals surface area (Å²) in [7, 11) is 0. The van der Waals surface area contributed by atoms with Crippen LogP contribution in [0.3, 0.4) is 0 Å². The maximum Gasteiger partial charge on any atom is 0.392 e. The van der Waals surface area contributed by atoms with Crippen molar-refractivity contribution < 1.29 is 9.54 Å². The van der Waals surface area contributed by atoms with E-state index in [9.17, 15) is 10.1 Å². The van der Waals surface area contributed by atoms with Crippen molar-refractivity contribution in [3.05, 3.63) is 10.1 Å². The SMILES string of the molecule is N#CN(O)S[N+](=O)[O-]. The molecule has 6 nitrogen and oxygen atoms in total. The van der Waals surface area contributed by atoms with Crippen molar-refractivity contribution in [3.8, 4) is 6.19 Å². The zero-order chi connectivity index (χ0) is 6.57. The van der Waals surface area contributed by atoms with E-state index in [2.05, 4.69) is 0 Å². The summed E-state index contributed by atoms with van der Waals surface area (Å²) in [6, 6.07) is 0. The van der Waals surface area contributed by atoms with E-state index in [0.29, 0.717) is 0 Å². The van der Waals surface area contributed by atoms with Crippen molar-refractivity contribution >= 4 is 12.1 Å². The molecule has 0 aromatic heterocycles. The summed E-state index contributed by atoms with van der Waals surface area (Å²) < 4.78 is -1.05. The zero-order valence-electron chi connectivity index (χ0n) is 3.51. The first-order chi connectivity index (χ1) is 3.66. The van der Waals surface area contributed by atoms with Crippen LogP contribution in [0.5, 0.6) is 0 Å². The minimum atomic E-state index is -0.900. The number of nitriles is 1. The fourth-order valence-electron chi connectivity index (χ4n) is 0.0814. The zero-order valence-corrected chi connectivity index (χ0v) is 4.33. The lowest BCUT2D eigenvalue weighted by atomic mass is 11.4. The molecule has 1 N–H and O–H groups in total. The molecule has 0 rings (SSSR count). The van der Waals surface area contributed by atoms with Gasteiger partial charge in [-0.2, -0.15) is 5.26 Å². The van der Waals surface area contributed by atoms with Crippen LogP contribution in [0.1, 0.15) is 0 Å². The molecule has 0 bridgehead atoms. The normalized spacial score (nSPS) is 7.50. The van der Waals surface area contributed by atoms with Crippen molar-refractivity contribution in [1.82, 2.24) is 4.47 Å². The highest BCUT2D eigenvalue weighted by Crippen LogP contribution is 2.02. The highest BCUT2D eigenvalue weighted by atomic mass is 32.2. The summed E-state index contributed by atoms with van der Waals surface area (Å²) in [6.45, 7) is 0. The Kier molecular flexibility index (Phi) is 2.68. The lowest BCUT2D eigenvalue weighted by molar-refractivity contribution is -0.294. The van der Waals surface area contributed by atoms with Crippen LogP contribution in [0.4, 0.5) is 0 Å². The Morgan fingerprint density at radius 2 is 2.50 bits per heavy atom. The Balaban J connectivity index is 3.43. The Labute approximate surface area is 48.7 Å². The van der Waals surface area contributed by atoms with Gasteiger partial charge in [-0.15, -0.1) is 0 Å². The molecule has 0 aliphatic rings. The molecule has 0 aliphatic carbocycles. The molecule has 0 fully saturated rings. The lowest BCUT2D eigenvalue weighted by Gasteiger charge is -1.90. The van der Waals surface area contributed by atoms with Gasteiger partial charge < -0.3 is 0 Å². The van der Waals surface area contributed by atoms with Crippen molar-refractivity contribution in [1.29, 1.82) is 5.26 Å². The molecule has 0 unspecified atom stereocenters. The molecular formula is CHN3O3S. The van der Waals surface area contributed by atoms with Gasteiger partial charge in [-0.1, -0.05) is 4.47 Å². The van der Waals surface area contributed by atoms with Gasteiger partial charge in [0, 0.05) is 0 Å². The molecule has 0 saturated carbocycles. The van der Waals surface area contributed by atoms with Gasteiger partial charge in [-0.05, 0) is 0 Å². The highest BCUT2D eigenvalue weighted by molar-refractivity contribution is 7.90. The van der Waals surface area contributed by atoms with E-state index >= 15 is 0 Å². The van der Waals surface area contributed by atoms with E-state index in [1.54, 1.807) is 0 Å². The number of nitrogens with zero attached hydrogens (tertiary/aromatic N) is 3. The Bertz CT molecular complexity index is 129. The third kappa shape index (κ3) is 3.20. The minimum Gasteiger partial charge on any atom is -0.264 e. The molecule has 0 aromatic carbocycles. The van der Waals surface area contributed by atoms with Gasteiger partial charge in [0.15, 0.2) is 0 Å². The third-order valence-electron chi connectivity index (χ3n) is 0.230. The highest BCUT2D eigenvalue weighted by Gasteiger charge is 2.07. The van der Waals surface area contributed by atoms with Crippen LogP contribution < -0.4 is 0 Å². The molecule has 0 amide bonds. The summed E-state index contributed by atoms with van der Waals surface area (Å²) in [6.07, 6.45) is 1.11. The van der Waals surface area contributed by atoms with Crippen LogP contribution in [0.25, 0.3) is 0 Å². The number of hydrogen-bond acceptors (Lipinski definition) is 6. The monoisotopic (exact) mass is 135 g/mol. The average molecular weight is 135 g/mol. The van der Waals surface area contributed by atoms with Crippen molar-refractivity contribution in [2.75, 3.05) is 0 Å². The fraction of sp³-hybridized carbons (Fsp3) is 0. The Morgan fingerprint density at radius 3 is 2.62 bits per heavy atom. The predicted octanol–water partition coefficient (Wildman–Crippen LogP) is -0.00142. The first-order valence-electron chi connectivity index (χ1n) is 1.38. The van der Waals surface area contributed by atoms with Crippen LogP contribution in [-0.4, -0.2) is 14.0 Å². The first-order valence-corrected chi connectivity index (χ1v) is 2.11. The van der Waals surface area contributed by atoms with Gasteiger partial charge >= 0.3 is 12.1 Å². The van der Waals surface area contributed by atoms with Crippen molar-refractivity contribution in [3.63, 3.8) is 0 Å². The molecule has 0 atom stereocenters. The van der Waals surface area contributed by atoms with Gasteiger partial charge in [0.25, 0.3) is 0 Å². The molecule has 44 valence electrons. The average Bonchev–Trinajstić information content (AvgIpc) is 1.65. The largest absolute Gasteiger partial charge is 0.392 e. The predicted molar refractivity (Wildman–Crippen MR) is 23.8 cm³/mol. The maximum atomic E-state index is 9.38. The number of hydroxylamine groups is 1. The van der Waals surface area contributed by atoms with Crippen LogP contribution in [0, 0.1) is 21.6 Å². The molecule has 0 spiro atoms. The quantitative estimate of drug-likeness (QED) is 0.188. The molecule has 8 heavy (non-hydrogen) atoms. The summed E-state index contributed by atoms with van der Waals surface area (Å²) >= 11 is -0.196. The van der Waals surface area contributed by atoms with Gasteiger partial charge in [0.1, 0.15) is 4.33 Å². The Hall–Kier alpha value is -1.00. The Morgan fingerprint density at radius 1 is 2.00 bits per heavy atom. The van der Waals surface area contributed by atoms with E-state index in [0.717, 1.165) is 6.19 Å². The summed E-state index contributed by atoms with van der Waals surface area (Å²) in [5.74, 6) is 0. The fourth-order valence-corrected chi connectivity index (χ4v) is 0.244. The van der Waals surface area contributed by atoms with E-state index < -0.39 is 4.33 Å². The third-order valence-corrected chi connectivity index (χ3v) is 0.599. The van der Waals surface area contributed by atoms with Crippen LogP contribution >= 0.6 is 12.1 Å². The van der Waals surface area contributed by atoms with E-state index in [1.807, 2.05) is 0 Å². The first kappa shape index (κ1) is 7.00. The van der Waals surface area contributed by atoms with Crippen LogP contribution in [0.2, 0.25) is 0 Å². The smallest absolute Gasteiger partial charge is 0.264 e. The molecule has 0 radical (unpaired) electrons. The second-order valence-corrected chi connectivity index (χ2v) is 1.49. The van der Waals surface area contributed by atoms with E-state index in [1.165, 1.54) is 0 Å². The second-order valence-electron chi connectivity index (χ2n) is 0.678. The number of rotatable bonds is 2. The molecule has 0 aromatic rings. The summed E-state index contributed by atoms with van der Waals surface area (Å²) in [4.78, 5) is 9.38. The second kappa shape index (κ2) is 3.06. The van der Waals surface area contributed by atoms with Gasteiger partial charge in [0.05, 0.1) is 0 Å². The van der Waals surface area contributed by atoms with Crippen molar-refractivity contribution in [2.24, 2.45) is 0 Å². The topological polar surface area (TPSA) is 90.4 Å². The summed E-state index contributed by atoms with van der Waals surface area (Å²) in [5, 5.41) is 25.1. The molecule has 0 heterocycles. The van der Waals surface area contributed by atoms with Gasteiger partial charge in [-0.3, -0.25) is 5.21 Å². The number of hydrogen-bond donors (Lipinski definition) is 1. The molecular weight excluding hydrogens is 134 g/mol. The van der Waals surface area contributed by atoms with Gasteiger partial charge in [0.2, 0.25) is 6.19 Å². The van der Waals surface area contributed by atoms with Crippen LogP contribution in [-0.2, 0) is 0 Å². The van der Waals surface area contributed by atoms with Gasteiger partial charge in [-0.25, -0.2) is 10.1 Å². The maximum absolute atomic E-state index is 9.38. The molecule has 0 saturated heterocycles. The molecule has 7 heteroatoms. The standard InChI is InChI=1S/CHN3O3S/c2-1-3(5)8-4(6)7/h5H. The number of nitro groups is 1. The lowest BCUT2D eigenvalue weighted by Crippen LogP contribution is -2.03. The minimum absolute atomic E-state index is 0.153. The van der Waals surface area contributed by atoms with Crippen molar-refractivity contribution in [2.45, 2.75) is 0 Å². The van der Waals surface area contributed by atoms with Crippen LogP contribution in [0.15, 0.2) is 0 Å². The molecule has 0 aliphatic heterocycles. The van der Waals surface area contributed by atoms with E-state index in [-0.39, 0.29) is 16.6 Å².